The van der Waals surface area contributed by atoms with E-state index < -0.39 is 12.2 Å². The number of para-hydroxylation sites is 8. The molecular formula is C102H80N6O4S3. The molecule has 0 aliphatic heterocycles. The summed E-state index contributed by atoms with van der Waals surface area (Å²) in [6, 6.07) is 145. The molecular weight excluding hydrogens is 1470 g/mol. The number of aromatic nitrogens is 2. The normalized spacial score (nSPS) is 11.9. The number of aliphatic hydroxyl groups excluding tert-OH is 2. The zero-order valence-electron chi connectivity index (χ0n) is 62.9. The van der Waals surface area contributed by atoms with Crippen LogP contribution in [0.4, 0.5) is 68.2 Å². The van der Waals surface area contributed by atoms with Gasteiger partial charge in [0.05, 0.1) is 34.3 Å². The maximum absolute atomic E-state index is 11.3. The van der Waals surface area contributed by atoms with Gasteiger partial charge < -0.3 is 48.4 Å². The third-order valence-corrected chi connectivity index (χ3v) is 23.8. The standard InChI is InChI=1S/C102H80N6O4S3/c109-87(69-111-89-49-41-81(42-50-89)107-99-61-45-83(103(73-25-9-1-10-26-73)74-27-11-2-12-28-74)65-95(99)96-66-84(46-62-100(96)107)104(75-29-13-3-14-30-75)76-31-15-4-16-32-76)71-113-91-53-57-93(58-54-91)115-94-59-55-92(56-60-94)114-72-88(110)70-112-90-51-43-82(44-52-90)108-101-63-47-85(105(77-33-17-5-18-34-77)78-35-19-6-20-36-78)67-97(101)98-68-86(48-64-102(98)108)106(79-37-21-7-22-38-79)80-39-23-8-24-40-80/h1-68,87-88,109-110H,69-72H2. The molecule has 0 bridgehead atoms. The third-order valence-electron chi connectivity index (χ3n) is 20.5. The van der Waals surface area contributed by atoms with Gasteiger partial charge in [-0.3, -0.25) is 0 Å². The van der Waals surface area contributed by atoms with Crippen LogP contribution in [-0.4, -0.2) is 56.3 Å². The van der Waals surface area contributed by atoms with E-state index in [-0.39, 0.29) is 13.2 Å². The summed E-state index contributed by atoms with van der Waals surface area (Å²) in [5.74, 6) is 2.33. The highest BCUT2D eigenvalue weighted by Gasteiger charge is 2.24. The van der Waals surface area contributed by atoms with Gasteiger partial charge in [-0.05, 0) is 267 Å². The molecule has 2 unspecified atom stereocenters. The topological polar surface area (TPSA) is 81.7 Å². The van der Waals surface area contributed by atoms with Crippen molar-refractivity contribution in [3.63, 3.8) is 0 Å². The first-order valence-electron chi connectivity index (χ1n) is 38.6. The second-order valence-corrected chi connectivity index (χ2v) is 31.4. The Morgan fingerprint density at radius 1 is 0.235 bits per heavy atom. The van der Waals surface area contributed by atoms with E-state index in [1.54, 1.807) is 35.3 Å². The number of anilines is 12. The van der Waals surface area contributed by atoms with E-state index in [1.807, 2.05) is 24.3 Å². The minimum Gasteiger partial charge on any atom is -0.491 e. The molecule has 560 valence electrons. The van der Waals surface area contributed by atoms with E-state index in [9.17, 15) is 10.2 Å². The van der Waals surface area contributed by atoms with Gasteiger partial charge in [-0.25, -0.2) is 0 Å². The maximum atomic E-state index is 11.3. The van der Waals surface area contributed by atoms with E-state index in [4.69, 9.17) is 9.47 Å². The molecule has 16 aromatic carbocycles. The van der Waals surface area contributed by atoms with Crippen molar-refractivity contribution in [2.24, 2.45) is 0 Å². The number of hydrogen-bond acceptors (Lipinski definition) is 11. The van der Waals surface area contributed by atoms with Crippen LogP contribution in [0, 0.1) is 0 Å². The van der Waals surface area contributed by atoms with Crippen molar-refractivity contribution < 1.29 is 19.7 Å². The lowest BCUT2D eigenvalue weighted by Crippen LogP contribution is -2.20. The highest BCUT2D eigenvalue weighted by molar-refractivity contribution is 8.00. The Hall–Kier alpha value is -13.1. The van der Waals surface area contributed by atoms with Crippen molar-refractivity contribution in [1.82, 2.24) is 9.13 Å². The predicted molar refractivity (Wildman–Crippen MR) is 482 cm³/mol. The van der Waals surface area contributed by atoms with Gasteiger partial charge in [0.15, 0.2) is 0 Å². The SMILES string of the molecule is OC(COc1ccc(-n2c3ccc(N(c4ccccc4)c4ccccc4)cc3c3cc(N(c4ccccc4)c4ccccc4)ccc32)cc1)CSc1ccc(Sc2ccc(SCC(O)COc3ccc(-n4c5ccc(N(c6ccccc6)c6ccccc6)cc5c5cc(N(c6ccccc6)c6ccccc6)ccc54)cc3)cc2)cc1. The first-order valence-corrected chi connectivity index (χ1v) is 41.4. The molecule has 18 aromatic rings. The zero-order valence-corrected chi connectivity index (χ0v) is 65.3. The van der Waals surface area contributed by atoms with Gasteiger partial charge in [-0.15, -0.1) is 23.5 Å². The Bertz CT molecular complexity index is 5450. The summed E-state index contributed by atoms with van der Waals surface area (Å²) < 4.78 is 17.2. The summed E-state index contributed by atoms with van der Waals surface area (Å²) in [4.78, 5) is 13.6. The van der Waals surface area contributed by atoms with E-state index in [0.29, 0.717) is 23.0 Å². The summed E-state index contributed by atoms with van der Waals surface area (Å²) in [6.45, 7) is 0.312. The van der Waals surface area contributed by atoms with Crippen LogP contribution in [0.3, 0.4) is 0 Å². The molecule has 13 heteroatoms. The van der Waals surface area contributed by atoms with E-state index in [0.717, 1.165) is 143 Å². The lowest BCUT2D eigenvalue weighted by atomic mass is 10.1. The lowest BCUT2D eigenvalue weighted by molar-refractivity contribution is 0.126. The van der Waals surface area contributed by atoms with Gasteiger partial charge >= 0.3 is 0 Å². The molecule has 0 radical (unpaired) electrons. The number of ether oxygens (including phenoxy) is 2. The fraction of sp³-hybridized carbons (Fsp3) is 0.0588. The number of aliphatic hydroxyl groups is 2. The molecule has 10 nitrogen and oxygen atoms in total. The molecule has 0 spiro atoms. The molecule has 2 heterocycles. The highest BCUT2D eigenvalue weighted by atomic mass is 32.2. The molecule has 0 aliphatic rings. The van der Waals surface area contributed by atoms with E-state index >= 15 is 0 Å². The van der Waals surface area contributed by atoms with Crippen LogP contribution in [0.15, 0.2) is 432 Å². The van der Waals surface area contributed by atoms with Crippen LogP contribution in [0.2, 0.25) is 0 Å². The fourth-order valence-electron chi connectivity index (χ4n) is 15.1. The van der Waals surface area contributed by atoms with Gasteiger partial charge in [0.25, 0.3) is 0 Å². The van der Waals surface area contributed by atoms with Crippen LogP contribution in [0.5, 0.6) is 11.5 Å². The maximum Gasteiger partial charge on any atom is 0.119 e. The first kappa shape index (κ1) is 73.4. The fourth-order valence-corrected chi connectivity index (χ4v) is 17.5. The highest BCUT2D eigenvalue weighted by Crippen LogP contribution is 2.47. The van der Waals surface area contributed by atoms with Crippen LogP contribution in [-0.2, 0) is 0 Å². The second-order valence-electron chi connectivity index (χ2n) is 28.1. The first-order chi connectivity index (χ1) is 56.8. The monoisotopic (exact) mass is 1550 g/mol. The van der Waals surface area contributed by atoms with Crippen molar-refractivity contribution in [3.8, 4) is 22.9 Å². The van der Waals surface area contributed by atoms with Crippen LogP contribution >= 0.6 is 35.3 Å². The molecule has 2 aromatic heterocycles. The van der Waals surface area contributed by atoms with Crippen molar-refractivity contribution in [2.75, 3.05) is 44.3 Å². The van der Waals surface area contributed by atoms with Crippen LogP contribution in [0.25, 0.3) is 55.0 Å². The van der Waals surface area contributed by atoms with Gasteiger partial charge in [-0.1, -0.05) is 157 Å². The molecule has 0 amide bonds. The Balaban J connectivity index is 0.497. The molecule has 115 heavy (non-hydrogen) atoms. The number of rotatable bonds is 28. The second kappa shape index (κ2) is 34.1. The molecule has 0 fully saturated rings. The Labute approximate surface area is 682 Å². The smallest absolute Gasteiger partial charge is 0.119 e. The van der Waals surface area contributed by atoms with Crippen molar-refractivity contribution in [2.45, 2.75) is 31.8 Å². The summed E-state index contributed by atoms with van der Waals surface area (Å²) in [6.07, 6.45) is -1.38. The van der Waals surface area contributed by atoms with Gasteiger partial charge in [0.2, 0.25) is 0 Å². The summed E-state index contributed by atoms with van der Waals surface area (Å²) in [7, 11) is 0. The van der Waals surface area contributed by atoms with Crippen molar-refractivity contribution in [1.29, 1.82) is 0 Å². The zero-order chi connectivity index (χ0) is 77.2. The predicted octanol–water partition coefficient (Wildman–Crippen LogP) is 27.0. The van der Waals surface area contributed by atoms with Crippen molar-refractivity contribution >= 4 is 147 Å². The van der Waals surface area contributed by atoms with Crippen LogP contribution < -0.4 is 29.1 Å². The largest absolute Gasteiger partial charge is 0.491 e. The van der Waals surface area contributed by atoms with Crippen molar-refractivity contribution in [3.05, 3.63) is 413 Å². The number of nitrogens with zero attached hydrogens (tertiary/aromatic N) is 6. The quantitative estimate of drug-likeness (QED) is 0.0460. The van der Waals surface area contributed by atoms with Crippen LogP contribution in [0.1, 0.15) is 0 Å². The van der Waals surface area contributed by atoms with E-state index in [2.05, 4.69) is 417 Å². The third kappa shape index (κ3) is 16.2. The lowest BCUT2D eigenvalue weighted by Gasteiger charge is -2.26. The van der Waals surface area contributed by atoms with Gasteiger partial charge in [0.1, 0.15) is 24.7 Å². The average molecular weight is 1550 g/mol. The number of hydrogen-bond donors (Lipinski definition) is 2. The molecule has 0 saturated heterocycles. The molecule has 2 N–H and O–H groups in total. The molecule has 0 saturated carbocycles. The number of thioether (sulfide) groups is 2. The van der Waals surface area contributed by atoms with Gasteiger partial charge in [0, 0.05) is 132 Å². The Kier molecular flexibility index (Phi) is 21.7. The van der Waals surface area contributed by atoms with Gasteiger partial charge in [-0.2, -0.15) is 0 Å². The van der Waals surface area contributed by atoms with E-state index in [1.165, 1.54) is 0 Å². The molecule has 2 atom stereocenters. The minimum atomic E-state index is -0.690. The summed E-state index contributed by atoms with van der Waals surface area (Å²) >= 11 is 4.92. The minimum absolute atomic E-state index is 0.156. The average Bonchev–Trinajstić information content (AvgIpc) is 1.59. The Morgan fingerprint density at radius 3 is 0.678 bits per heavy atom. The number of fused-ring (bicyclic) bond motifs is 6. The number of benzene rings is 16. The summed E-state index contributed by atoms with van der Waals surface area (Å²) in [5, 5.41) is 27.0. The Morgan fingerprint density at radius 2 is 0.452 bits per heavy atom. The molecule has 0 aliphatic carbocycles. The summed E-state index contributed by atoms with van der Waals surface area (Å²) in [5.41, 5.74) is 19.1. The molecule has 18 rings (SSSR count).